The number of nitro benzene ring substituents is 1. The molecule has 1 amide bonds. The van der Waals surface area contributed by atoms with Crippen molar-refractivity contribution in [1.82, 2.24) is 5.43 Å². The molecule has 0 atom stereocenters. The molecular formula is C15H11F4N3O4. The highest BCUT2D eigenvalue weighted by molar-refractivity contribution is 5.79. The van der Waals surface area contributed by atoms with Crippen LogP contribution in [0.5, 0.6) is 5.75 Å². The maximum absolute atomic E-state index is 13.3. The minimum absolute atomic E-state index is 0.178. The number of alkyl halides is 3. The number of hydrazine groups is 1. The summed E-state index contributed by atoms with van der Waals surface area (Å²) in [5, 5.41) is 10.9. The average Bonchev–Trinajstić information content (AvgIpc) is 2.58. The van der Waals surface area contributed by atoms with Crippen LogP contribution in [0.25, 0.3) is 0 Å². The molecule has 138 valence electrons. The predicted octanol–water partition coefficient (Wildman–Crippen LogP) is 3.27. The Morgan fingerprint density at radius 1 is 1.19 bits per heavy atom. The highest BCUT2D eigenvalue weighted by atomic mass is 19.4. The van der Waals surface area contributed by atoms with Crippen LogP contribution in [-0.2, 0) is 11.0 Å². The van der Waals surface area contributed by atoms with Gasteiger partial charge >= 0.3 is 6.18 Å². The fraction of sp³-hybridized carbons (Fsp3) is 0.133. The van der Waals surface area contributed by atoms with E-state index in [1.807, 2.05) is 5.43 Å². The van der Waals surface area contributed by atoms with Crippen molar-refractivity contribution in [3.8, 4) is 5.75 Å². The minimum atomic E-state index is -4.75. The third kappa shape index (κ3) is 4.82. The zero-order valence-electron chi connectivity index (χ0n) is 12.8. The lowest BCUT2D eigenvalue weighted by Gasteiger charge is -2.12. The van der Waals surface area contributed by atoms with Crippen molar-refractivity contribution in [2.45, 2.75) is 6.18 Å². The van der Waals surface area contributed by atoms with E-state index in [0.29, 0.717) is 12.1 Å². The number of hydrogen-bond donors (Lipinski definition) is 2. The molecular weight excluding hydrogens is 362 g/mol. The van der Waals surface area contributed by atoms with Crippen molar-refractivity contribution in [3.63, 3.8) is 0 Å². The number of rotatable bonds is 6. The molecule has 2 N–H and O–H groups in total. The van der Waals surface area contributed by atoms with Gasteiger partial charge in [-0.25, -0.2) is 4.39 Å². The number of benzene rings is 2. The van der Waals surface area contributed by atoms with Gasteiger partial charge in [0, 0.05) is 6.07 Å². The van der Waals surface area contributed by atoms with Gasteiger partial charge in [0.2, 0.25) is 0 Å². The lowest BCUT2D eigenvalue weighted by atomic mass is 10.1. The third-order valence-corrected chi connectivity index (χ3v) is 3.05. The predicted molar refractivity (Wildman–Crippen MR) is 81.8 cm³/mol. The molecule has 0 spiro atoms. The molecule has 0 fully saturated rings. The number of nitrogens with one attached hydrogen (secondary N) is 2. The molecule has 0 aliphatic carbocycles. The molecule has 0 unspecified atom stereocenters. The molecule has 0 radical (unpaired) electrons. The summed E-state index contributed by atoms with van der Waals surface area (Å²) < 4.78 is 56.1. The lowest BCUT2D eigenvalue weighted by molar-refractivity contribution is -0.384. The van der Waals surface area contributed by atoms with E-state index in [-0.39, 0.29) is 11.4 Å². The van der Waals surface area contributed by atoms with E-state index in [4.69, 9.17) is 4.74 Å². The molecule has 7 nitrogen and oxygen atoms in total. The zero-order chi connectivity index (χ0) is 19.3. The first-order valence-electron chi connectivity index (χ1n) is 6.96. The van der Waals surface area contributed by atoms with Gasteiger partial charge in [-0.05, 0) is 24.3 Å². The van der Waals surface area contributed by atoms with Crippen LogP contribution in [0, 0.1) is 15.9 Å². The summed E-state index contributed by atoms with van der Waals surface area (Å²) in [5.41, 5.74) is 1.72. The number of amides is 1. The van der Waals surface area contributed by atoms with E-state index in [2.05, 4.69) is 5.43 Å². The normalized spacial score (nSPS) is 10.9. The van der Waals surface area contributed by atoms with Crippen LogP contribution < -0.4 is 15.6 Å². The van der Waals surface area contributed by atoms with Crippen LogP contribution in [0.15, 0.2) is 42.5 Å². The van der Waals surface area contributed by atoms with Gasteiger partial charge in [-0.15, -0.1) is 0 Å². The number of ether oxygens (including phenoxy) is 1. The largest absolute Gasteiger partial charge is 0.481 e. The van der Waals surface area contributed by atoms with Crippen LogP contribution in [0.1, 0.15) is 5.56 Å². The van der Waals surface area contributed by atoms with Crippen molar-refractivity contribution in [2.75, 3.05) is 12.0 Å². The second kappa shape index (κ2) is 7.68. The topological polar surface area (TPSA) is 93.5 Å². The molecule has 2 rings (SSSR count). The number of carbonyl (C=O) groups excluding carboxylic acids is 1. The summed E-state index contributed by atoms with van der Waals surface area (Å²) in [7, 11) is 0. The summed E-state index contributed by atoms with van der Waals surface area (Å²) in [6, 6.07) is 7.09. The van der Waals surface area contributed by atoms with Crippen molar-refractivity contribution in [1.29, 1.82) is 0 Å². The summed E-state index contributed by atoms with van der Waals surface area (Å²) in [6.45, 7) is -0.623. The van der Waals surface area contributed by atoms with Gasteiger partial charge in [-0.1, -0.05) is 12.1 Å². The monoisotopic (exact) mass is 373 g/mol. The van der Waals surface area contributed by atoms with Crippen molar-refractivity contribution < 1.29 is 32.0 Å². The molecule has 0 bridgehead atoms. The average molecular weight is 373 g/mol. The number of carbonyl (C=O) groups is 1. The number of nitrogens with zero attached hydrogens (tertiary/aromatic N) is 1. The summed E-state index contributed by atoms with van der Waals surface area (Å²) in [5.74, 6) is -1.70. The molecule has 26 heavy (non-hydrogen) atoms. The summed E-state index contributed by atoms with van der Waals surface area (Å²) >= 11 is 0. The van der Waals surface area contributed by atoms with Gasteiger partial charge in [0.15, 0.2) is 18.2 Å². The molecule has 0 saturated heterocycles. The highest BCUT2D eigenvalue weighted by Crippen LogP contribution is 2.34. The molecule has 2 aromatic carbocycles. The van der Waals surface area contributed by atoms with Crippen LogP contribution in [0.4, 0.5) is 28.9 Å². The van der Waals surface area contributed by atoms with Gasteiger partial charge in [0.1, 0.15) is 5.69 Å². The first kappa shape index (κ1) is 19.0. The molecule has 0 saturated carbocycles. The lowest BCUT2D eigenvalue weighted by Crippen LogP contribution is -2.34. The van der Waals surface area contributed by atoms with E-state index >= 15 is 0 Å². The molecule has 0 aliphatic rings. The Labute approximate surface area is 143 Å². The van der Waals surface area contributed by atoms with Crippen LogP contribution in [0.2, 0.25) is 0 Å². The molecule has 0 heterocycles. The van der Waals surface area contributed by atoms with E-state index in [1.165, 1.54) is 18.2 Å². The third-order valence-electron chi connectivity index (χ3n) is 3.05. The Morgan fingerprint density at radius 2 is 1.88 bits per heavy atom. The number of halogens is 4. The fourth-order valence-electron chi connectivity index (χ4n) is 1.84. The van der Waals surface area contributed by atoms with Gasteiger partial charge in [-0.3, -0.25) is 25.8 Å². The first-order valence-corrected chi connectivity index (χ1v) is 6.96. The van der Waals surface area contributed by atoms with Crippen molar-refractivity contribution >= 4 is 17.3 Å². The maximum atomic E-state index is 13.3. The van der Waals surface area contributed by atoms with Crippen LogP contribution >= 0.6 is 0 Å². The molecule has 0 aliphatic heterocycles. The summed E-state index contributed by atoms with van der Waals surface area (Å²) in [4.78, 5) is 21.5. The van der Waals surface area contributed by atoms with Gasteiger partial charge < -0.3 is 4.74 Å². The Morgan fingerprint density at radius 3 is 2.50 bits per heavy atom. The Balaban J connectivity index is 2.01. The van der Waals surface area contributed by atoms with E-state index in [0.717, 1.165) is 12.1 Å². The van der Waals surface area contributed by atoms with E-state index in [1.54, 1.807) is 0 Å². The quantitative estimate of drug-likeness (QED) is 0.461. The van der Waals surface area contributed by atoms with Gasteiger partial charge in [0.05, 0.1) is 10.5 Å². The van der Waals surface area contributed by atoms with E-state index < -0.39 is 40.7 Å². The second-order valence-electron chi connectivity index (χ2n) is 4.88. The van der Waals surface area contributed by atoms with Crippen molar-refractivity contribution in [3.05, 3.63) is 64.0 Å². The number of nitro groups is 1. The smallest absolute Gasteiger partial charge is 0.416 e. The zero-order valence-corrected chi connectivity index (χ0v) is 12.8. The summed E-state index contributed by atoms with van der Waals surface area (Å²) in [6.07, 6.45) is -4.75. The standard InChI is InChI=1S/C15H11F4N3O4/c16-10-3-1-2-4-13(10)26-8-14(23)21-20-11-6-5-9(15(17,18)19)7-12(11)22(24)25/h1-7,20H,8H2,(H,21,23). The number of anilines is 1. The highest BCUT2D eigenvalue weighted by Gasteiger charge is 2.33. The fourth-order valence-corrected chi connectivity index (χ4v) is 1.84. The van der Waals surface area contributed by atoms with Gasteiger partial charge in [0.25, 0.3) is 11.6 Å². The molecule has 2 aromatic rings. The minimum Gasteiger partial charge on any atom is -0.481 e. The number of para-hydroxylation sites is 1. The molecule has 11 heteroatoms. The second-order valence-corrected chi connectivity index (χ2v) is 4.88. The van der Waals surface area contributed by atoms with Crippen molar-refractivity contribution in [2.24, 2.45) is 0 Å². The Kier molecular flexibility index (Phi) is 5.60. The Hall–Kier alpha value is -3.37. The number of hydrogen-bond acceptors (Lipinski definition) is 5. The molecule has 0 aromatic heterocycles. The first-order chi connectivity index (χ1) is 12.2. The van der Waals surface area contributed by atoms with Crippen LogP contribution in [-0.4, -0.2) is 17.4 Å². The van der Waals surface area contributed by atoms with Crippen LogP contribution in [0.3, 0.4) is 0 Å². The SMILES string of the molecule is O=C(COc1ccccc1F)NNc1ccc(C(F)(F)F)cc1[N+](=O)[O-]. The maximum Gasteiger partial charge on any atom is 0.416 e. The Bertz CT molecular complexity index is 827. The van der Waals surface area contributed by atoms with E-state index in [9.17, 15) is 32.5 Å². The van der Waals surface area contributed by atoms with Gasteiger partial charge in [-0.2, -0.15) is 13.2 Å².